The lowest BCUT2D eigenvalue weighted by atomic mass is 10.3. The molecule has 0 radical (unpaired) electrons. The first-order valence-corrected chi connectivity index (χ1v) is 4.92. The summed E-state index contributed by atoms with van der Waals surface area (Å²) in [6.07, 6.45) is 0. The average molecular weight is 227 g/mol. The van der Waals surface area contributed by atoms with Crippen LogP contribution in [-0.2, 0) is 9.73 Å². The van der Waals surface area contributed by atoms with Gasteiger partial charge in [0.1, 0.15) is 5.82 Å². The monoisotopic (exact) mass is 227 g/mol. The maximum Gasteiger partial charge on any atom is 0.483 e. The number of hydrogen-bond donors (Lipinski definition) is 1. The van der Waals surface area contributed by atoms with Crippen molar-refractivity contribution in [2.75, 3.05) is 0 Å². The first-order chi connectivity index (χ1) is 6.27. The maximum atomic E-state index is 12.8. The highest BCUT2D eigenvalue weighted by Gasteiger charge is 2.44. The van der Waals surface area contributed by atoms with Crippen molar-refractivity contribution in [2.24, 2.45) is 0 Å². The minimum atomic E-state index is -5.25. The molecule has 0 amide bonds. The SMILES string of the molecule is N=S(=O)(c1ccccc1F)C(F)(F)F. The van der Waals surface area contributed by atoms with Crippen LogP contribution < -0.4 is 0 Å². The van der Waals surface area contributed by atoms with Crippen LogP contribution in [0.25, 0.3) is 0 Å². The number of rotatable bonds is 1. The Hall–Kier alpha value is -1.11. The molecule has 0 aliphatic heterocycles. The first-order valence-electron chi connectivity index (χ1n) is 3.36. The van der Waals surface area contributed by atoms with Crippen molar-refractivity contribution in [2.45, 2.75) is 10.4 Å². The van der Waals surface area contributed by atoms with Gasteiger partial charge in [-0.1, -0.05) is 12.1 Å². The standard InChI is InChI=1S/C7H5F4NOS/c8-5-3-1-2-4-6(5)14(12,13)7(9,10)11/h1-4,12H. The number of nitrogens with one attached hydrogen (secondary N) is 1. The van der Waals surface area contributed by atoms with Gasteiger partial charge in [-0.05, 0) is 12.1 Å². The first kappa shape index (κ1) is 11.0. The van der Waals surface area contributed by atoms with Gasteiger partial charge in [0.05, 0.1) is 4.90 Å². The van der Waals surface area contributed by atoms with E-state index in [-0.39, 0.29) is 0 Å². The Morgan fingerprint density at radius 3 is 2.14 bits per heavy atom. The molecule has 2 nitrogen and oxygen atoms in total. The molecule has 0 aliphatic rings. The van der Waals surface area contributed by atoms with E-state index in [1.165, 1.54) is 0 Å². The summed E-state index contributed by atoms with van der Waals surface area (Å²) < 4.78 is 66.6. The fraction of sp³-hybridized carbons (Fsp3) is 0.143. The van der Waals surface area contributed by atoms with E-state index in [9.17, 15) is 21.8 Å². The van der Waals surface area contributed by atoms with Gasteiger partial charge in [-0.25, -0.2) is 13.4 Å². The molecule has 1 aromatic carbocycles. The molecule has 1 atom stereocenters. The zero-order chi connectivity index (χ0) is 11.0. The number of hydrogen-bond acceptors (Lipinski definition) is 2. The Balaban J connectivity index is 3.40. The predicted octanol–water partition coefficient (Wildman–Crippen LogP) is 2.75. The molecule has 1 unspecified atom stereocenters. The lowest BCUT2D eigenvalue weighted by Crippen LogP contribution is -2.22. The van der Waals surface area contributed by atoms with E-state index in [0.717, 1.165) is 18.2 Å². The highest BCUT2D eigenvalue weighted by Crippen LogP contribution is 2.31. The van der Waals surface area contributed by atoms with Crippen molar-refractivity contribution in [1.29, 1.82) is 4.78 Å². The normalized spacial score (nSPS) is 16.3. The van der Waals surface area contributed by atoms with Crippen LogP contribution in [-0.4, -0.2) is 9.72 Å². The zero-order valence-electron chi connectivity index (χ0n) is 6.64. The Kier molecular flexibility index (Phi) is 2.53. The minimum Gasteiger partial charge on any atom is -0.241 e. The van der Waals surface area contributed by atoms with Crippen LogP contribution >= 0.6 is 0 Å². The Morgan fingerprint density at radius 2 is 1.71 bits per heavy atom. The molecule has 1 aromatic rings. The fourth-order valence-corrected chi connectivity index (χ4v) is 1.66. The summed E-state index contributed by atoms with van der Waals surface area (Å²) in [7, 11) is -5.08. The number of alkyl halides is 3. The fourth-order valence-electron chi connectivity index (χ4n) is 0.803. The molecule has 78 valence electrons. The Bertz CT molecular complexity index is 437. The van der Waals surface area contributed by atoms with Crippen LogP contribution in [0.1, 0.15) is 0 Å². The highest BCUT2D eigenvalue weighted by atomic mass is 32.2. The number of benzene rings is 1. The molecule has 0 bridgehead atoms. The second-order valence-corrected chi connectivity index (χ2v) is 4.45. The van der Waals surface area contributed by atoms with Gasteiger partial charge >= 0.3 is 5.51 Å². The molecule has 0 saturated heterocycles. The summed E-state index contributed by atoms with van der Waals surface area (Å²) in [4.78, 5) is -1.13. The summed E-state index contributed by atoms with van der Waals surface area (Å²) in [5.74, 6) is -1.29. The van der Waals surface area contributed by atoms with Crippen LogP contribution in [0.4, 0.5) is 17.6 Å². The van der Waals surface area contributed by atoms with Gasteiger partial charge in [-0.2, -0.15) is 13.2 Å². The zero-order valence-corrected chi connectivity index (χ0v) is 7.45. The van der Waals surface area contributed by atoms with Crippen molar-refractivity contribution in [1.82, 2.24) is 0 Å². The van der Waals surface area contributed by atoms with Gasteiger partial charge in [0.2, 0.25) is 0 Å². The van der Waals surface area contributed by atoms with Crippen molar-refractivity contribution in [3.63, 3.8) is 0 Å². The molecule has 0 heterocycles. The van der Waals surface area contributed by atoms with Crippen molar-refractivity contribution < 1.29 is 21.8 Å². The Morgan fingerprint density at radius 1 is 1.21 bits per heavy atom. The molecule has 0 fully saturated rings. The van der Waals surface area contributed by atoms with Gasteiger partial charge < -0.3 is 0 Å². The van der Waals surface area contributed by atoms with Crippen molar-refractivity contribution >= 4 is 9.73 Å². The smallest absolute Gasteiger partial charge is 0.241 e. The predicted molar refractivity (Wildman–Crippen MR) is 41.6 cm³/mol. The summed E-state index contributed by atoms with van der Waals surface area (Å²) in [5, 5.41) is 0. The molecular weight excluding hydrogens is 222 g/mol. The lowest BCUT2D eigenvalue weighted by Gasteiger charge is -2.11. The van der Waals surface area contributed by atoms with Crippen LogP contribution in [0.2, 0.25) is 0 Å². The van der Waals surface area contributed by atoms with Crippen LogP contribution in [0.3, 0.4) is 0 Å². The molecule has 0 spiro atoms. The quantitative estimate of drug-likeness (QED) is 0.736. The van der Waals surface area contributed by atoms with E-state index in [2.05, 4.69) is 0 Å². The van der Waals surface area contributed by atoms with Gasteiger partial charge in [0, 0.05) is 0 Å². The molecule has 0 saturated carbocycles. The highest BCUT2D eigenvalue weighted by molar-refractivity contribution is 7.93. The average Bonchev–Trinajstić information content (AvgIpc) is 2.02. The second-order valence-electron chi connectivity index (χ2n) is 2.43. The second kappa shape index (κ2) is 3.23. The van der Waals surface area contributed by atoms with E-state index in [1.54, 1.807) is 0 Å². The maximum absolute atomic E-state index is 12.8. The van der Waals surface area contributed by atoms with Gasteiger partial charge in [-0.3, -0.25) is 0 Å². The third-order valence-electron chi connectivity index (χ3n) is 1.47. The van der Waals surface area contributed by atoms with E-state index in [1.807, 2.05) is 0 Å². The van der Waals surface area contributed by atoms with Crippen molar-refractivity contribution in [3.05, 3.63) is 30.1 Å². The summed E-state index contributed by atoms with van der Waals surface area (Å²) in [5.41, 5.74) is -5.25. The largest absolute Gasteiger partial charge is 0.483 e. The number of halogens is 4. The van der Waals surface area contributed by atoms with Crippen LogP contribution in [0.5, 0.6) is 0 Å². The van der Waals surface area contributed by atoms with Gasteiger partial charge in [0.15, 0.2) is 9.73 Å². The molecule has 14 heavy (non-hydrogen) atoms. The molecule has 0 aromatic heterocycles. The summed E-state index contributed by atoms with van der Waals surface area (Å²) in [6.45, 7) is 0. The van der Waals surface area contributed by atoms with Crippen LogP contribution in [0.15, 0.2) is 29.2 Å². The van der Waals surface area contributed by atoms with Gasteiger partial charge in [-0.15, -0.1) is 0 Å². The van der Waals surface area contributed by atoms with Crippen molar-refractivity contribution in [3.8, 4) is 0 Å². The molecular formula is C7H5F4NOS. The third-order valence-corrected chi connectivity index (χ3v) is 3.07. The minimum absolute atomic E-state index is 0.693. The Labute approximate surface area is 77.5 Å². The van der Waals surface area contributed by atoms with E-state index in [4.69, 9.17) is 4.78 Å². The third kappa shape index (κ3) is 1.72. The van der Waals surface area contributed by atoms with E-state index >= 15 is 0 Å². The summed E-state index contributed by atoms with van der Waals surface area (Å²) in [6, 6.07) is 3.68. The summed E-state index contributed by atoms with van der Waals surface area (Å²) >= 11 is 0. The lowest BCUT2D eigenvalue weighted by molar-refractivity contribution is -0.0408. The molecule has 1 rings (SSSR count). The molecule has 0 aliphatic carbocycles. The van der Waals surface area contributed by atoms with Gasteiger partial charge in [0.25, 0.3) is 0 Å². The molecule has 7 heteroatoms. The van der Waals surface area contributed by atoms with E-state index < -0.39 is 26.0 Å². The molecule has 1 N–H and O–H groups in total. The van der Waals surface area contributed by atoms with Crippen LogP contribution in [0, 0.1) is 10.6 Å². The van der Waals surface area contributed by atoms with E-state index in [0.29, 0.717) is 6.07 Å². The topological polar surface area (TPSA) is 40.9 Å².